The van der Waals surface area contributed by atoms with Crippen LogP contribution in [0.1, 0.15) is 70.9 Å². The van der Waals surface area contributed by atoms with Gasteiger partial charge < -0.3 is 24.4 Å². The van der Waals surface area contributed by atoms with Gasteiger partial charge in [-0.15, -0.1) is 11.3 Å². The van der Waals surface area contributed by atoms with Gasteiger partial charge in [-0.3, -0.25) is 9.59 Å². The Bertz CT molecular complexity index is 1690. The summed E-state index contributed by atoms with van der Waals surface area (Å²) >= 11 is 1.54. The summed E-state index contributed by atoms with van der Waals surface area (Å²) < 4.78 is 17.6. The van der Waals surface area contributed by atoms with Crippen molar-refractivity contribution < 1.29 is 28.6 Å². The number of esters is 1. The quantitative estimate of drug-likeness (QED) is 0.246. The number of hydrogen-bond donors (Lipinski definition) is 1. The van der Waals surface area contributed by atoms with Gasteiger partial charge in [0.1, 0.15) is 33.8 Å². The summed E-state index contributed by atoms with van der Waals surface area (Å²) in [5.74, 6) is -0.596. The summed E-state index contributed by atoms with van der Waals surface area (Å²) in [4.78, 5) is 52.5. The maximum absolute atomic E-state index is 14.0. The third-order valence-electron chi connectivity index (χ3n) is 9.64. The summed E-state index contributed by atoms with van der Waals surface area (Å²) in [7, 11) is 3.42. The van der Waals surface area contributed by atoms with Gasteiger partial charge in [0.25, 0.3) is 0 Å². The van der Waals surface area contributed by atoms with Crippen LogP contribution in [0.25, 0.3) is 21.6 Å². The van der Waals surface area contributed by atoms with Crippen LogP contribution in [-0.4, -0.2) is 71.6 Å². The molecule has 6 rings (SSSR count). The number of thiazole rings is 1. The van der Waals surface area contributed by atoms with E-state index in [1.807, 2.05) is 30.3 Å². The first-order valence-electron chi connectivity index (χ1n) is 16.7. The van der Waals surface area contributed by atoms with E-state index in [1.54, 1.807) is 26.0 Å². The van der Waals surface area contributed by atoms with Crippen LogP contribution >= 0.6 is 11.3 Å². The zero-order valence-corrected chi connectivity index (χ0v) is 28.6. The number of nitrogens with one attached hydrogen (secondary N) is 1. The van der Waals surface area contributed by atoms with Gasteiger partial charge in [-0.25, -0.2) is 14.8 Å². The van der Waals surface area contributed by atoms with E-state index in [4.69, 9.17) is 24.2 Å². The van der Waals surface area contributed by atoms with Crippen LogP contribution in [0.5, 0.6) is 11.5 Å². The van der Waals surface area contributed by atoms with Crippen LogP contribution < -0.4 is 14.8 Å². The van der Waals surface area contributed by atoms with Crippen molar-refractivity contribution in [3.8, 4) is 22.2 Å². The lowest BCUT2D eigenvalue weighted by Crippen LogP contribution is -2.50. The number of carbonyl (C=O) groups excluding carboxylic acids is 3. The Morgan fingerprint density at radius 1 is 1.15 bits per heavy atom. The second kappa shape index (κ2) is 13.6. The molecule has 0 spiro atoms. The van der Waals surface area contributed by atoms with E-state index in [-0.39, 0.29) is 30.3 Å². The Morgan fingerprint density at radius 3 is 2.70 bits per heavy atom. The average molecular weight is 661 g/mol. The highest BCUT2D eigenvalue weighted by molar-refractivity contribution is 7.13. The van der Waals surface area contributed by atoms with Crippen LogP contribution in [0.2, 0.25) is 0 Å². The fourth-order valence-corrected chi connectivity index (χ4v) is 7.74. The Kier molecular flexibility index (Phi) is 9.55. The van der Waals surface area contributed by atoms with Crippen molar-refractivity contribution in [1.29, 1.82) is 0 Å². The number of rotatable bonds is 7. The van der Waals surface area contributed by atoms with Crippen molar-refractivity contribution in [2.24, 2.45) is 17.8 Å². The summed E-state index contributed by atoms with van der Waals surface area (Å²) in [5, 5.41) is 6.70. The van der Waals surface area contributed by atoms with Gasteiger partial charge in [0.2, 0.25) is 11.8 Å². The highest BCUT2D eigenvalue weighted by atomic mass is 32.1. The van der Waals surface area contributed by atoms with Crippen molar-refractivity contribution in [3.05, 3.63) is 47.5 Å². The summed E-state index contributed by atoms with van der Waals surface area (Å²) in [6, 6.07) is 7.56. The van der Waals surface area contributed by atoms with E-state index < -0.39 is 29.4 Å². The normalized spacial score (nSPS) is 26.4. The predicted molar refractivity (Wildman–Crippen MR) is 180 cm³/mol. The van der Waals surface area contributed by atoms with E-state index in [2.05, 4.69) is 30.6 Å². The van der Waals surface area contributed by atoms with Crippen molar-refractivity contribution in [2.75, 3.05) is 27.3 Å². The first-order chi connectivity index (χ1) is 22.6. The van der Waals surface area contributed by atoms with E-state index in [0.717, 1.165) is 35.4 Å². The van der Waals surface area contributed by atoms with Gasteiger partial charge in [-0.1, -0.05) is 26.0 Å². The van der Waals surface area contributed by atoms with Gasteiger partial charge in [-0.05, 0) is 63.5 Å². The first kappa shape index (κ1) is 32.9. The minimum Gasteiger partial charge on any atom is -0.497 e. The number of aromatic nitrogens is 2. The smallest absolute Gasteiger partial charge is 0.332 e. The van der Waals surface area contributed by atoms with E-state index in [1.165, 1.54) is 11.3 Å². The SMILES string of the molecule is CCOC(=O)[C@@]12C[C@H]1C=CCCCCN(C)C(=O)[C@@H]1C[C@H](Oc3cc(-c4nc(C(C)C)cs4)nc4cc(OC)ccc34)C[C@H]1C(=O)N2. The molecule has 10 nitrogen and oxygen atoms in total. The van der Waals surface area contributed by atoms with Crippen LogP contribution in [0, 0.1) is 17.8 Å². The number of hydrogen-bond acceptors (Lipinski definition) is 9. The lowest BCUT2D eigenvalue weighted by molar-refractivity contribution is -0.150. The molecule has 250 valence electrons. The third kappa shape index (κ3) is 6.72. The number of amides is 2. The van der Waals surface area contributed by atoms with E-state index in [9.17, 15) is 14.4 Å². The maximum atomic E-state index is 14.0. The standard InChI is InChI=1S/C36H44N4O6S/c1-6-45-35(43)36-19-22(36)11-9-7-8-10-14-40(4)34(42)27-16-24(15-26(27)32(41)39-36)46-31-18-29(33-38-30(20-47-33)21(2)3)37-28-17-23(44-5)12-13-25(28)31/h9,11-13,17-18,20-22,24,26-27H,6-8,10,14-16,19H2,1-5H3,(H,39,41)/t22-,24-,26-,27-,36-/m1/s1. The molecule has 2 saturated carbocycles. The molecule has 47 heavy (non-hydrogen) atoms. The zero-order chi connectivity index (χ0) is 33.3. The monoisotopic (exact) mass is 660 g/mol. The van der Waals surface area contributed by atoms with Crippen LogP contribution in [0.3, 0.4) is 0 Å². The lowest BCUT2D eigenvalue weighted by Gasteiger charge is -2.26. The average Bonchev–Trinajstić information content (AvgIpc) is 3.36. The third-order valence-corrected chi connectivity index (χ3v) is 10.5. The minimum atomic E-state index is -1.09. The molecule has 3 heterocycles. The zero-order valence-electron chi connectivity index (χ0n) is 27.8. The van der Waals surface area contributed by atoms with Crippen molar-refractivity contribution in [2.45, 2.75) is 76.9 Å². The second-order valence-corrected chi connectivity index (χ2v) is 14.1. The first-order valence-corrected chi connectivity index (χ1v) is 17.5. The molecule has 11 heteroatoms. The number of fused-ring (bicyclic) bond motifs is 3. The number of allylic oxidation sites excluding steroid dienone is 1. The Morgan fingerprint density at radius 2 is 1.96 bits per heavy atom. The number of benzene rings is 1. The number of carbonyl (C=O) groups is 3. The largest absolute Gasteiger partial charge is 0.497 e. The molecular formula is C36H44N4O6S. The number of nitrogens with zero attached hydrogens (tertiary/aromatic N) is 3. The minimum absolute atomic E-state index is 0.0737. The predicted octanol–water partition coefficient (Wildman–Crippen LogP) is 5.90. The molecule has 0 bridgehead atoms. The van der Waals surface area contributed by atoms with Crippen LogP contribution in [-0.2, 0) is 19.1 Å². The molecule has 2 aromatic heterocycles. The van der Waals surface area contributed by atoms with Crippen molar-refractivity contribution >= 4 is 40.0 Å². The van der Waals surface area contributed by atoms with E-state index in [0.29, 0.717) is 48.5 Å². The molecule has 2 amide bonds. The molecule has 1 aliphatic heterocycles. The van der Waals surface area contributed by atoms with Crippen molar-refractivity contribution in [3.63, 3.8) is 0 Å². The lowest BCUT2D eigenvalue weighted by atomic mass is 9.93. The summed E-state index contributed by atoms with van der Waals surface area (Å²) in [6.45, 7) is 6.82. The molecular weight excluding hydrogens is 616 g/mol. The summed E-state index contributed by atoms with van der Waals surface area (Å²) in [5.41, 5.74) is 1.29. The highest BCUT2D eigenvalue weighted by Crippen LogP contribution is 2.47. The van der Waals surface area contributed by atoms with E-state index >= 15 is 0 Å². The summed E-state index contributed by atoms with van der Waals surface area (Å²) in [6.07, 6.45) is 7.52. The maximum Gasteiger partial charge on any atom is 0.332 e. The molecule has 3 aromatic rings. The molecule has 0 unspecified atom stereocenters. The number of ether oxygens (including phenoxy) is 3. The second-order valence-electron chi connectivity index (χ2n) is 13.2. The fourth-order valence-electron chi connectivity index (χ4n) is 6.80. The molecule has 2 aliphatic carbocycles. The van der Waals surface area contributed by atoms with Gasteiger partial charge in [0, 0.05) is 42.4 Å². The van der Waals surface area contributed by atoms with Gasteiger partial charge in [0.05, 0.1) is 36.8 Å². The van der Waals surface area contributed by atoms with Crippen LogP contribution in [0.4, 0.5) is 0 Å². The Labute approximate surface area is 279 Å². The van der Waals surface area contributed by atoms with Gasteiger partial charge >= 0.3 is 5.97 Å². The van der Waals surface area contributed by atoms with Gasteiger partial charge in [0.15, 0.2) is 0 Å². The number of methoxy groups -OCH3 is 1. The fraction of sp³-hybridized carbons (Fsp3) is 0.528. The molecule has 0 saturated heterocycles. The van der Waals surface area contributed by atoms with Crippen LogP contribution in [0.15, 0.2) is 41.8 Å². The van der Waals surface area contributed by atoms with Gasteiger partial charge in [-0.2, -0.15) is 0 Å². The number of pyridine rings is 1. The molecule has 2 fully saturated rings. The molecule has 1 N–H and O–H groups in total. The highest BCUT2D eigenvalue weighted by Gasteiger charge is 2.62. The Hall–Kier alpha value is -3.99. The molecule has 1 aromatic carbocycles. The Balaban J connectivity index is 1.32. The molecule has 3 aliphatic rings. The molecule has 5 atom stereocenters. The topological polar surface area (TPSA) is 120 Å². The van der Waals surface area contributed by atoms with Crippen molar-refractivity contribution in [1.82, 2.24) is 20.2 Å². The molecule has 0 radical (unpaired) electrons.